The minimum atomic E-state index is -2.61. The third-order valence-corrected chi connectivity index (χ3v) is 10.1. The molecule has 1 saturated heterocycles. The Labute approximate surface area is 358 Å². The largest absolute Gasteiger partial charge is 1.00 e. The Balaban J connectivity index is 0.00000486. The number of thiophene rings is 2. The first kappa shape index (κ1) is 46.8. The number of nitrogens with one attached hydrogen (secondary N) is 3. The number of carboxylic acids is 2. The van der Waals surface area contributed by atoms with Crippen molar-refractivity contribution in [3.8, 4) is 9.75 Å². The monoisotopic (exact) mass is 791 g/mol. The predicted molar refractivity (Wildman–Crippen MR) is 180 cm³/mol. The Bertz CT molecular complexity index is 1630. The van der Waals surface area contributed by atoms with E-state index < -0.39 is 79.0 Å². The van der Waals surface area contributed by atoms with E-state index in [-0.39, 0.29) is 91.6 Å². The third kappa shape index (κ3) is 14.0. The standard InChI is InChI=1S/C34H41N3O12S2.2Na/c1-20(38)36-28-22(37-33(46)47-19-21-9-4-2-5-10-21)17-34(32(44)45,48-15-7-3-6-12-27(40)41)49-30(28)29(42)23(39)18-35-31(43)26-14-13-25(51-26)24-11-8-16-50-24;;/h2,4-5,8-11,13-14,16,22-23,28-30,39,42H,3,6-7,12,15,17-19H2,1H3,(H,35,43)(H,36,38)(H,37,46)(H,40,41)(H,44,45);;/q;2*+1/p-2/t22-,23+,28+,29+,30+,34+;;/m0../s1. The zero-order valence-corrected chi connectivity index (χ0v) is 35.2. The van der Waals surface area contributed by atoms with Gasteiger partial charge >= 0.3 is 65.2 Å². The number of amides is 3. The van der Waals surface area contributed by atoms with Crippen LogP contribution < -0.4 is 85.3 Å². The molecular formula is C34H39N3Na2O12S2. The normalized spacial score (nSPS) is 20.4. The Morgan fingerprint density at radius 2 is 1.70 bits per heavy atom. The van der Waals surface area contributed by atoms with E-state index >= 15 is 0 Å². The topological polar surface area (TPSA) is 236 Å². The van der Waals surface area contributed by atoms with Crippen molar-refractivity contribution in [2.75, 3.05) is 13.2 Å². The molecule has 15 nitrogen and oxygen atoms in total. The fourth-order valence-electron chi connectivity index (χ4n) is 5.45. The van der Waals surface area contributed by atoms with E-state index in [9.17, 15) is 44.4 Å². The fourth-order valence-corrected chi connectivity index (χ4v) is 7.20. The van der Waals surface area contributed by atoms with E-state index in [1.807, 2.05) is 17.5 Å². The average Bonchev–Trinajstić information content (AvgIpc) is 3.82. The van der Waals surface area contributed by atoms with Crippen LogP contribution in [0, 0.1) is 0 Å². The van der Waals surface area contributed by atoms with Gasteiger partial charge in [-0.15, -0.1) is 22.7 Å². The van der Waals surface area contributed by atoms with Crippen molar-refractivity contribution < 1.29 is 118 Å². The van der Waals surface area contributed by atoms with Gasteiger partial charge in [0, 0.05) is 35.6 Å². The maximum atomic E-state index is 13.0. The van der Waals surface area contributed by atoms with Crippen molar-refractivity contribution in [3.05, 3.63) is 70.4 Å². The molecule has 3 aromatic rings. The molecule has 1 fully saturated rings. The number of unbranched alkanes of at least 4 members (excludes halogenated alkanes) is 2. The summed E-state index contributed by atoms with van der Waals surface area (Å²) in [7, 11) is 0. The van der Waals surface area contributed by atoms with Gasteiger partial charge in [-0.1, -0.05) is 42.8 Å². The number of carbonyl (C=O) groups is 5. The zero-order valence-electron chi connectivity index (χ0n) is 29.6. The number of aliphatic carboxylic acids is 2. The summed E-state index contributed by atoms with van der Waals surface area (Å²) < 4.78 is 16.8. The molecule has 6 atom stereocenters. The van der Waals surface area contributed by atoms with Crippen LogP contribution in [0.5, 0.6) is 0 Å². The summed E-state index contributed by atoms with van der Waals surface area (Å²) in [6, 6.07) is 13.2. The van der Waals surface area contributed by atoms with Gasteiger partial charge in [0.15, 0.2) is 0 Å². The van der Waals surface area contributed by atoms with Gasteiger partial charge in [0.05, 0.1) is 29.7 Å². The van der Waals surface area contributed by atoms with Crippen LogP contribution >= 0.6 is 22.7 Å². The van der Waals surface area contributed by atoms with Crippen molar-refractivity contribution in [1.29, 1.82) is 0 Å². The molecule has 0 radical (unpaired) electrons. The molecule has 5 N–H and O–H groups in total. The molecule has 1 aliphatic rings. The molecule has 19 heteroatoms. The van der Waals surface area contributed by atoms with Crippen molar-refractivity contribution in [1.82, 2.24) is 16.0 Å². The number of rotatable bonds is 18. The van der Waals surface area contributed by atoms with Crippen LogP contribution in [0.1, 0.15) is 54.3 Å². The van der Waals surface area contributed by atoms with Crippen LogP contribution in [0.2, 0.25) is 0 Å². The van der Waals surface area contributed by atoms with Crippen LogP contribution in [0.3, 0.4) is 0 Å². The van der Waals surface area contributed by atoms with Crippen LogP contribution in [-0.4, -0.2) is 89.4 Å². The van der Waals surface area contributed by atoms with E-state index in [1.165, 1.54) is 22.7 Å². The van der Waals surface area contributed by atoms with E-state index in [2.05, 4.69) is 16.0 Å². The predicted octanol–water partition coefficient (Wildman–Crippen LogP) is -5.70. The molecule has 0 aliphatic carbocycles. The van der Waals surface area contributed by atoms with Gasteiger partial charge in [-0.2, -0.15) is 0 Å². The minimum Gasteiger partial charge on any atom is -0.550 e. The smallest absolute Gasteiger partial charge is 0.550 e. The molecule has 1 aliphatic heterocycles. The van der Waals surface area contributed by atoms with E-state index in [0.29, 0.717) is 16.9 Å². The van der Waals surface area contributed by atoms with Gasteiger partial charge in [-0.3, -0.25) is 9.59 Å². The number of ether oxygens (including phenoxy) is 3. The molecule has 0 unspecified atom stereocenters. The number of benzene rings is 1. The molecule has 53 heavy (non-hydrogen) atoms. The number of alkyl carbamates (subject to hydrolysis) is 1. The van der Waals surface area contributed by atoms with Gasteiger partial charge in [-0.05, 0) is 48.4 Å². The number of hydrogen-bond acceptors (Lipinski definition) is 14. The van der Waals surface area contributed by atoms with Gasteiger partial charge < -0.3 is 60.2 Å². The Morgan fingerprint density at radius 3 is 2.34 bits per heavy atom. The molecule has 1 aromatic carbocycles. The first-order chi connectivity index (χ1) is 24.4. The van der Waals surface area contributed by atoms with Crippen LogP contribution in [0.4, 0.5) is 4.79 Å². The average molecular weight is 792 g/mol. The summed E-state index contributed by atoms with van der Waals surface area (Å²) in [4.78, 5) is 63.8. The molecule has 3 heterocycles. The fraction of sp³-hybridized carbons (Fsp3) is 0.441. The molecule has 3 amide bonds. The first-order valence-electron chi connectivity index (χ1n) is 16.1. The van der Waals surface area contributed by atoms with Crippen molar-refractivity contribution >= 4 is 52.5 Å². The SMILES string of the molecule is CC(=O)N[C@H]1[C@H]([C@H](O)[C@H](O)CNC(=O)c2ccc(-c3cccs3)s2)O[C@@](OCCCCCC(=O)[O-])(C(=O)[O-])C[C@@H]1NC(=O)OCc1ccccc1.[Na+].[Na+]. The molecule has 0 spiro atoms. The molecule has 276 valence electrons. The van der Waals surface area contributed by atoms with Gasteiger partial charge in [0.2, 0.25) is 11.7 Å². The molecule has 2 aromatic heterocycles. The summed E-state index contributed by atoms with van der Waals surface area (Å²) >= 11 is 2.74. The maximum absolute atomic E-state index is 13.0. The molecule has 0 bridgehead atoms. The summed E-state index contributed by atoms with van der Waals surface area (Å²) in [5.74, 6) is -6.89. The van der Waals surface area contributed by atoms with Gasteiger partial charge in [-0.25, -0.2) is 4.79 Å². The Kier molecular flexibility index (Phi) is 20.2. The van der Waals surface area contributed by atoms with Crippen molar-refractivity contribution in [3.63, 3.8) is 0 Å². The minimum absolute atomic E-state index is 0. The number of aliphatic hydroxyl groups excluding tert-OH is 2. The molecular weight excluding hydrogens is 752 g/mol. The van der Waals surface area contributed by atoms with Crippen molar-refractivity contribution in [2.45, 2.75) is 81.8 Å². The van der Waals surface area contributed by atoms with E-state index in [1.54, 1.807) is 42.5 Å². The second kappa shape index (κ2) is 22.9. The summed E-state index contributed by atoms with van der Waals surface area (Å²) in [6.07, 6.45) is -6.50. The summed E-state index contributed by atoms with van der Waals surface area (Å²) in [6.45, 7) is 0.249. The van der Waals surface area contributed by atoms with E-state index in [4.69, 9.17) is 14.2 Å². The zero-order chi connectivity index (χ0) is 37.0. The van der Waals surface area contributed by atoms with E-state index in [0.717, 1.165) is 16.7 Å². The van der Waals surface area contributed by atoms with Crippen LogP contribution in [0.25, 0.3) is 9.75 Å². The quantitative estimate of drug-likeness (QED) is 0.0599. The summed E-state index contributed by atoms with van der Waals surface area (Å²) in [5.41, 5.74) is 0.660. The maximum Gasteiger partial charge on any atom is 1.00 e. The van der Waals surface area contributed by atoms with Gasteiger partial charge in [0.1, 0.15) is 24.8 Å². The second-order valence-electron chi connectivity index (χ2n) is 11.8. The van der Waals surface area contributed by atoms with Crippen LogP contribution in [0.15, 0.2) is 60.0 Å². The first-order valence-corrected chi connectivity index (χ1v) is 17.8. The number of carboxylic acid groups (broad SMARTS) is 2. The molecule has 4 rings (SSSR count). The second-order valence-corrected chi connectivity index (χ2v) is 13.8. The number of carbonyl (C=O) groups excluding carboxylic acids is 5. The Hall–Kier alpha value is -2.39. The number of aliphatic hydroxyl groups is 2. The van der Waals surface area contributed by atoms with Gasteiger partial charge in [0.25, 0.3) is 5.91 Å². The Morgan fingerprint density at radius 1 is 0.962 bits per heavy atom. The van der Waals surface area contributed by atoms with Crippen molar-refractivity contribution in [2.24, 2.45) is 0 Å². The molecule has 0 saturated carbocycles. The number of hydrogen-bond donors (Lipinski definition) is 5. The summed E-state index contributed by atoms with van der Waals surface area (Å²) in [5, 5.41) is 55.4. The third-order valence-electron chi connectivity index (χ3n) is 7.96. The van der Waals surface area contributed by atoms with Crippen LogP contribution in [-0.2, 0) is 35.2 Å².